The Balaban J connectivity index is 1.80. The van der Waals surface area contributed by atoms with Crippen LogP contribution in [0.4, 0.5) is 0 Å². The number of hydrogen-bond donors (Lipinski definition) is 0. The monoisotopic (exact) mass is 329 g/mol. The zero-order chi connectivity index (χ0) is 15.5. The average molecular weight is 330 g/mol. The smallest absolute Gasteiger partial charge is 0.262 e. The number of rotatable bonds is 3. The second kappa shape index (κ2) is 4.59. The Bertz CT molecular complexity index is 656. The van der Waals surface area contributed by atoms with Gasteiger partial charge in [-0.15, -0.1) is 0 Å². The van der Waals surface area contributed by atoms with Gasteiger partial charge in [0.05, 0.1) is 6.20 Å². The Morgan fingerprint density at radius 1 is 1.33 bits per heavy atom. The van der Waals surface area contributed by atoms with E-state index in [9.17, 15) is 8.42 Å². The summed E-state index contributed by atoms with van der Waals surface area (Å²) in [6, 6.07) is 3.02. The van der Waals surface area contributed by atoms with E-state index in [0.29, 0.717) is 11.8 Å². The molecular weight excluding hydrogens is 310 g/mol. The lowest BCUT2D eigenvalue weighted by molar-refractivity contribution is 0.0272. The maximum atomic E-state index is 11.2. The van der Waals surface area contributed by atoms with E-state index >= 15 is 0 Å². The number of fused-ring (bicyclic) bond motifs is 2. The quantitative estimate of drug-likeness (QED) is 0.795. The van der Waals surface area contributed by atoms with Crippen LogP contribution in [0.1, 0.15) is 40.0 Å². The molecule has 1 heterocycles. The van der Waals surface area contributed by atoms with E-state index in [1.54, 1.807) is 6.07 Å². The molecule has 6 heteroatoms. The van der Waals surface area contributed by atoms with Crippen molar-refractivity contribution in [3.8, 4) is 5.88 Å². The highest BCUT2D eigenvalue weighted by atomic mass is 35.7. The van der Waals surface area contributed by atoms with Gasteiger partial charge in [0.15, 0.2) is 0 Å². The van der Waals surface area contributed by atoms with Crippen molar-refractivity contribution in [2.24, 2.45) is 16.7 Å². The van der Waals surface area contributed by atoms with Gasteiger partial charge in [0.2, 0.25) is 5.88 Å². The topological polar surface area (TPSA) is 56.3 Å². The first-order chi connectivity index (χ1) is 9.64. The molecule has 21 heavy (non-hydrogen) atoms. The van der Waals surface area contributed by atoms with Crippen LogP contribution in [0, 0.1) is 16.7 Å². The Morgan fingerprint density at radius 2 is 2.05 bits per heavy atom. The van der Waals surface area contributed by atoms with Crippen molar-refractivity contribution in [2.75, 3.05) is 0 Å². The van der Waals surface area contributed by atoms with Gasteiger partial charge in [0.1, 0.15) is 11.0 Å². The summed E-state index contributed by atoms with van der Waals surface area (Å²) >= 11 is 0. The molecule has 0 amide bonds. The molecule has 1 aromatic rings. The summed E-state index contributed by atoms with van der Waals surface area (Å²) in [5.41, 5.74) is 0.424. The minimum absolute atomic E-state index is 0.00370. The second-order valence-corrected chi connectivity index (χ2v) is 9.55. The normalized spacial score (nSPS) is 34.1. The van der Waals surface area contributed by atoms with Crippen molar-refractivity contribution >= 4 is 19.7 Å². The number of aromatic nitrogens is 1. The van der Waals surface area contributed by atoms with Crippen molar-refractivity contribution in [3.05, 3.63) is 18.3 Å². The third kappa shape index (κ3) is 2.25. The molecule has 3 unspecified atom stereocenters. The molecular formula is C15H20ClNO3S. The Hall–Kier alpha value is -0.810. The third-order valence-electron chi connectivity index (χ3n) is 5.97. The van der Waals surface area contributed by atoms with E-state index in [1.165, 1.54) is 25.1 Å². The number of ether oxygens (including phenoxy) is 1. The van der Waals surface area contributed by atoms with Crippen LogP contribution in [0.15, 0.2) is 23.2 Å². The van der Waals surface area contributed by atoms with Gasteiger partial charge >= 0.3 is 0 Å². The molecule has 0 radical (unpaired) electrons. The SMILES string of the molecule is CC1(C)C2CCC1(C)C(Oc1ccc(S(=O)(=O)Cl)cn1)C2. The van der Waals surface area contributed by atoms with E-state index < -0.39 is 9.05 Å². The predicted octanol–water partition coefficient (Wildman–Crippen LogP) is 3.60. The lowest BCUT2D eigenvalue weighted by Gasteiger charge is -2.38. The van der Waals surface area contributed by atoms with Crippen molar-refractivity contribution < 1.29 is 13.2 Å². The minimum atomic E-state index is -3.73. The van der Waals surface area contributed by atoms with E-state index in [2.05, 4.69) is 25.8 Å². The second-order valence-electron chi connectivity index (χ2n) is 6.99. The lowest BCUT2D eigenvalue weighted by atomic mass is 9.70. The predicted molar refractivity (Wildman–Crippen MR) is 80.9 cm³/mol. The molecule has 2 fully saturated rings. The fourth-order valence-corrected chi connectivity index (χ4v) is 4.72. The zero-order valence-electron chi connectivity index (χ0n) is 12.5. The number of halogens is 1. The molecule has 0 spiro atoms. The van der Waals surface area contributed by atoms with Crippen LogP contribution in [-0.2, 0) is 9.05 Å². The van der Waals surface area contributed by atoms with Crippen LogP contribution in [0.25, 0.3) is 0 Å². The summed E-state index contributed by atoms with van der Waals surface area (Å²) in [4.78, 5) is 4.08. The number of pyridine rings is 1. The van der Waals surface area contributed by atoms with Crippen molar-refractivity contribution in [2.45, 2.75) is 51.0 Å². The molecule has 116 valence electrons. The molecule has 2 saturated carbocycles. The Labute approximate surface area is 130 Å². The van der Waals surface area contributed by atoms with Crippen molar-refractivity contribution in [3.63, 3.8) is 0 Å². The molecule has 0 N–H and O–H groups in total. The molecule has 4 nitrogen and oxygen atoms in total. The van der Waals surface area contributed by atoms with Gasteiger partial charge in [-0.1, -0.05) is 20.8 Å². The van der Waals surface area contributed by atoms with Crippen LogP contribution < -0.4 is 4.74 Å². The lowest BCUT2D eigenvalue weighted by Crippen LogP contribution is -2.39. The summed E-state index contributed by atoms with van der Waals surface area (Å²) in [6.45, 7) is 6.94. The van der Waals surface area contributed by atoms with E-state index in [0.717, 1.165) is 6.42 Å². The van der Waals surface area contributed by atoms with E-state index in [4.69, 9.17) is 15.4 Å². The van der Waals surface area contributed by atoms with Gasteiger partial charge in [-0.25, -0.2) is 13.4 Å². The maximum absolute atomic E-state index is 11.2. The Morgan fingerprint density at radius 3 is 2.48 bits per heavy atom. The number of nitrogens with zero attached hydrogens (tertiary/aromatic N) is 1. The van der Waals surface area contributed by atoms with Gasteiger partial charge < -0.3 is 4.74 Å². The molecule has 0 aliphatic heterocycles. The van der Waals surface area contributed by atoms with Crippen LogP contribution in [0.3, 0.4) is 0 Å². The summed E-state index contributed by atoms with van der Waals surface area (Å²) in [7, 11) is 1.55. The van der Waals surface area contributed by atoms with Crippen LogP contribution in [-0.4, -0.2) is 19.5 Å². The van der Waals surface area contributed by atoms with Gasteiger partial charge in [-0.05, 0) is 36.7 Å². The van der Waals surface area contributed by atoms with Gasteiger partial charge in [0.25, 0.3) is 9.05 Å². The minimum Gasteiger partial charge on any atom is -0.474 e. The molecule has 3 atom stereocenters. The first-order valence-electron chi connectivity index (χ1n) is 7.22. The summed E-state index contributed by atoms with van der Waals surface area (Å²) in [5, 5.41) is 0. The first kappa shape index (κ1) is 15.1. The van der Waals surface area contributed by atoms with Crippen LogP contribution >= 0.6 is 10.7 Å². The average Bonchev–Trinajstić information content (AvgIpc) is 2.71. The van der Waals surface area contributed by atoms with Crippen molar-refractivity contribution in [1.29, 1.82) is 0 Å². The van der Waals surface area contributed by atoms with Crippen molar-refractivity contribution in [1.82, 2.24) is 4.98 Å². The van der Waals surface area contributed by atoms with E-state index in [-0.39, 0.29) is 21.8 Å². The highest BCUT2D eigenvalue weighted by Gasteiger charge is 2.62. The maximum Gasteiger partial charge on any atom is 0.262 e. The molecule has 2 aliphatic carbocycles. The van der Waals surface area contributed by atoms with Gasteiger partial charge in [0, 0.05) is 22.2 Å². The third-order valence-corrected chi connectivity index (χ3v) is 7.31. The van der Waals surface area contributed by atoms with Crippen LogP contribution in [0.5, 0.6) is 5.88 Å². The standard InChI is InChI=1S/C15H20ClNO3S/c1-14(2)10-6-7-15(14,3)12(8-10)20-13-5-4-11(9-17-13)21(16,18)19/h4-5,9-10,12H,6-8H2,1-3H3. The van der Waals surface area contributed by atoms with Gasteiger partial charge in [-0.2, -0.15) is 0 Å². The molecule has 1 aromatic heterocycles. The molecule has 2 bridgehead atoms. The molecule has 0 aromatic carbocycles. The summed E-state index contributed by atoms with van der Waals surface area (Å²) < 4.78 is 28.5. The highest BCUT2D eigenvalue weighted by molar-refractivity contribution is 8.13. The molecule has 0 saturated heterocycles. The fraction of sp³-hybridized carbons (Fsp3) is 0.667. The van der Waals surface area contributed by atoms with Gasteiger partial charge in [-0.3, -0.25) is 0 Å². The summed E-state index contributed by atoms with van der Waals surface area (Å²) in [6.07, 6.45) is 4.86. The fourth-order valence-electron chi connectivity index (χ4n) is 4.03. The Kier molecular flexibility index (Phi) is 3.30. The van der Waals surface area contributed by atoms with Crippen LogP contribution in [0.2, 0.25) is 0 Å². The molecule has 2 aliphatic rings. The molecule has 3 rings (SSSR count). The highest BCUT2D eigenvalue weighted by Crippen LogP contribution is 2.66. The van der Waals surface area contributed by atoms with E-state index in [1.807, 2.05) is 0 Å². The largest absolute Gasteiger partial charge is 0.474 e. The first-order valence-corrected chi connectivity index (χ1v) is 9.53. The zero-order valence-corrected chi connectivity index (χ0v) is 14.0. The number of hydrogen-bond acceptors (Lipinski definition) is 4. The summed E-state index contributed by atoms with van der Waals surface area (Å²) in [5.74, 6) is 1.16.